The highest BCUT2D eigenvalue weighted by molar-refractivity contribution is 9.10. The Kier molecular flexibility index (Phi) is 3.08. The minimum atomic E-state index is -0.214. The molecule has 3 aromatic rings. The van der Waals surface area contributed by atoms with E-state index in [1.54, 1.807) is 36.7 Å². The first-order chi connectivity index (χ1) is 9.16. The Balaban J connectivity index is 2.34. The molecular weight excluding hydrogens is 330 g/mol. The summed E-state index contributed by atoms with van der Waals surface area (Å²) in [6, 6.07) is 7.02. The molecule has 0 unspecified atom stereocenters. The fourth-order valence-electron chi connectivity index (χ4n) is 1.81. The van der Waals surface area contributed by atoms with Gasteiger partial charge in [-0.25, -0.2) is 4.98 Å². The Morgan fingerprint density at radius 2 is 1.68 bits per heavy atom. The Hall–Kier alpha value is -1.72. The van der Waals surface area contributed by atoms with Crippen LogP contribution in [0.1, 0.15) is 0 Å². The molecule has 0 saturated heterocycles. The van der Waals surface area contributed by atoms with E-state index < -0.39 is 0 Å². The lowest BCUT2D eigenvalue weighted by Gasteiger charge is -2.08. The quantitative estimate of drug-likeness (QED) is 0.685. The number of halogens is 2. The molecule has 0 amide bonds. The van der Waals surface area contributed by atoms with Gasteiger partial charge < -0.3 is 0 Å². The molecule has 0 fully saturated rings. The number of benzene rings is 1. The summed E-state index contributed by atoms with van der Waals surface area (Å²) in [6.45, 7) is 0. The zero-order valence-electron chi connectivity index (χ0n) is 9.55. The van der Waals surface area contributed by atoms with E-state index in [0.717, 1.165) is 5.69 Å². The van der Waals surface area contributed by atoms with Crippen LogP contribution in [-0.4, -0.2) is 14.5 Å². The van der Waals surface area contributed by atoms with Crippen LogP contribution in [-0.2, 0) is 0 Å². The molecule has 0 spiro atoms. The minimum Gasteiger partial charge on any atom is -0.281 e. The van der Waals surface area contributed by atoms with Gasteiger partial charge in [-0.05, 0) is 40.2 Å². The number of hydrogen-bond acceptors (Lipinski definition) is 3. The lowest BCUT2D eigenvalue weighted by molar-refractivity contribution is 0.989. The molecule has 3 rings (SSSR count). The number of hydrogen-bond donors (Lipinski definition) is 0. The molecule has 94 valence electrons. The molecule has 0 atom stereocenters. The van der Waals surface area contributed by atoms with Crippen molar-refractivity contribution in [1.82, 2.24) is 14.5 Å². The molecule has 0 aliphatic rings. The molecule has 4 nitrogen and oxygen atoms in total. The number of nitrogens with zero attached hydrogens (tertiary/aromatic N) is 3. The van der Waals surface area contributed by atoms with Crippen molar-refractivity contribution in [1.29, 1.82) is 0 Å². The summed E-state index contributed by atoms with van der Waals surface area (Å²) in [5.41, 5.74) is 1.39. The van der Waals surface area contributed by atoms with Crippen LogP contribution in [0.2, 0.25) is 5.02 Å². The molecule has 6 heteroatoms. The maximum absolute atomic E-state index is 12.4. The Labute approximate surface area is 121 Å². The van der Waals surface area contributed by atoms with E-state index in [4.69, 9.17) is 11.6 Å². The van der Waals surface area contributed by atoms with Crippen LogP contribution in [0.3, 0.4) is 0 Å². The molecule has 19 heavy (non-hydrogen) atoms. The van der Waals surface area contributed by atoms with Gasteiger partial charge in [0.1, 0.15) is 5.52 Å². The highest BCUT2D eigenvalue weighted by atomic mass is 79.9. The molecule has 0 radical (unpaired) electrons. The molecular formula is C13H7BrClN3O. The van der Waals surface area contributed by atoms with E-state index in [-0.39, 0.29) is 5.56 Å². The third-order valence-corrected chi connectivity index (χ3v) is 3.53. The van der Waals surface area contributed by atoms with Crippen molar-refractivity contribution in [3.8, 4) is 5.69 Å². The van der Waals surface area contributed by atoms with Gasteiger partial charge in [0.05, 0.1) is 4.47 Å². The molecule has 1 aromatic carbocycles. The first-order valence-electron chi connectivity index (χ1n) is 5.44. The van der Waals surface area contributed by atoms with Crippen LogP contribution in [0.5, 0.6) is 0 Å². The van der Waals surface area contributed by atoms with Crippen LogP contribution in [0, 0.1) is 0 Å². The van der Waals surface area contributed by atoms with Crippen molar-refractivity contribution in [2.45, 2.75) is 0 Å². The molecule has 0 saturated carbocycles. The maximum atomic E-state index is 12.4. The Morgan fingerprint density at radius 1 is 1.05 bits per heavy atom. The third-order valence-electron chi connectivity index (χ3n) is 2.69. The van der Waals surface area contributed by atoms with Gasteiger partial charge in [0.25, 0.3) is 5.56 Å². The lowest BCUT2D eigenvalue weighted by atomic mass is 10.3. The summed E-state index contributed by atoms with van der Waals surface area (Å²) in [4.78, 5) is 20.6. The van der Waals surface area contributed by atoms with Gasteiger partial charge in [-0.2, -0.15) is 0 Å². The van der Waals surface area contributed by atoms with E-state index in [9.17, 15) is 4.79 Å². The third kappa shape index (κ3) is 2.15. The van der Waals surface area contributed by atoms with E-state index in [2.05, 4.69) is 25.9 Å². The molecule has 0 bridgehead atoms. The normalized spacial score (nSPS) is 10.8. The van der Waals surface area contributed by atoms with Crippen molar-refractivity contribution in [3.63, 3.8) is 0 Å². The van der Waals surface area contributed by atoms with Crippen molar-refractivity contribution in [3.05, 3.63) is 62.7 Å². The van der Waals surface area contributed by atoms with Crippen LogP contribution >= 0.6 is 27.5 Å². The SMILES string of the molecule is O=c1c2nccnc2c(Br)cn1-c1ccc(Cl)cc1. The number of fused-ring (bicyclic) bond motifs is 1. The van der Waals surface area contributed by atoms with Gasteiger partial charge in [-0.15, -0.1) is 0 Å². The predicted molar refractivity (Wildman–Crippen MR) is 77.8 cm³/mol. The zero-order chi connectivity index (χ0) is 13.4. The molecule has 0 aliphatic heterocycles. The predicted octanol–water partition coefficient (Wildman–Crippen LogP) is 3.20. The summed E-state index contributed by atoms with van der Waals surface area (Å²) in [5, 5.41) is 0.622. The zero-order valence-corrected chi connectivity index (χ0v) is 11.9. The van der Waals surface area contributed by atoms with Crippen LogP contribution in [0.25, 0.3) is 16.7 Å². The van der Waals surface area contributed by atoms with Crippen molar-refractivity contribution >= 4 is 38.6 Å². The van der Waals surface area contributed by atoms with Gasteiger partial charge in [0.15, 0.2) is 5.52 Å². The largest absolute Gasteiger partial charge is 0.283 e. The molecule has 2 heterocycles. The maximum Gasteiger partial charge on any atom is 0.283 e. The summed E-state index contributed by atoms with van der Waals surface area (Å²) < 4.78 is 2.22. The summed E-state index contributed by atoms with van der Waals surface area (Å²) in [6.07, 6.45) is 4.74. The van der Waals surface area contributed by atoms with E-state index in [1.807, 2.05) is 0 Å². The number of pyridine rings is 1. The lowest BCUT2D eigenvalue weighted by Crippen LogP contribution is -2.19. The highest BCUT2D eigenvalue weighted by Crippen LogP contribution is 2.19. The van der Waals surface area contributed by atoms with Gasteiger partial charge in [0, 0.05) is 29.3 Å². The standard InChI is InChI=1S/C13H7BrClN3O/c14-10-7-18(9-3-1-8(15)2-4-9)13(19)12-11(10)16-5-6-17-12/h1-7H. The topological polar surface area (TPSA) is 47.8 Å². The van der Waals surface area contributed by atoms with E-state index in [1.165, 1.54) is 10.8 Å². The second-order valence-corrected chi connectivity index (χ2v) is 5.17. The van der Waals surface area contributed by atoms with Crippen molar-refractivity contribution < 1.29 is 0 Å². The number of rotatable bonds is 1. The first-order valence-corrected chi connectivity index (χ1v) is 6.62. The highest BCUT2D eigenvalue weighted by Gasteiger charge is 2.10. The van der Waals surface area contributed by atoms with Gasteiger partial charge in [0.2, 0.25) is 0 Å². The fourth-order valence-corrected chi connectivity index (χ4v) is 2.43. The summed E-state index contributed by atoms with van der Waals surface area (Å²) >= 11 is 9.25. The van der Waals surface area contributed by atoms with Crippen molar-refractivity contribution in [2.24, 2.45) is 0 Å². The second-order valence-electron chi connectivity index (χ2n) is 3.88. The number of aromatic nitrogens is 3. The van der Waals surface area contributed by atoms with Gasteiger partial charge in [-0.3, -0.25) is 14.3 Å². The average Bonchev–Trinajstić information content (AvgIpc) is 2.44. The summed E-state index contributed by atoms with van der Waals surface area (Å²) in [5.74, 6) is 0. The smallest absolute Gasteiger partial charge is 0.281 e. The minimum absolute atomic E-state index is 0.214. The molecule has 0 aliphatic carbocycles. The second kappa shape index (κ2) is 4.75. The Bertz CT molecular complexity index is 814. The molecule has 2 aromatic heterocycles. The monoisotopic (exact) mass is 335 g/mol. The first kappa shape index (κ1) is 12.3. The van der Waals surface area contributed by atoms with Gasteiger partial charge >= 0.3 is 0 Å². The van der Waals surface area contributed by atoms with E-state index in [0.29, 0.717) is 20.5 Å². The average molecular weight is 337 g/mol. The van der Waals surface area contributed by atoms with Crippen LogP contribution < -0.4 is 5.56 Å². The Morgan fingerprint density at radius 3 is 2.37 bits per heavy atom. The summed E-state index contributed by atoms with van der Waals surface area (Å²) in [7, 11) is 0. The molecule has 0 N–H and O–H groups in total. The van der Waals surface area contributed by atoms with Crippen molar-refractivity contribution in [2.75, 3.05) is 0 Å². The van der Waals surface area contributed by atoms with Crippen LogP contribution in [0.4, 0.5) is 0 Å². The van der Waals surface area contributed by atoms with Gasteiger partial charge in [-0.1, -0.05) is 11.6 Å². The van der Waals surface area contributed by atoms with Crippen LogP contribution in [0.15, 0.2) is 52.1 Å². The fraction of sp³-hybridized carbons (Fsp3) is 0. The van der Waals surface area contributed by atoms with E-state index >= 15 is 0 Å².